The average molecular weight is 479 g/mol. The highest BCUT2D eigenvalue weighted by Gasteiger charge is 2.62. The Labute approximate surface area is 156 Å². The number of ether oxygens (including phenoxy) is 1. The topological polar surface area (TPSA) is 80.8 Å². The summed E-state index contributed by atoms with van der Waals surface area (Å²) in [5.41, 5.74) is 0.790. The first-order valence-corrected chi connectivity index (χ1v) is 10.6. The number of rotatable bonds is 4. The maximum Gasteiger partial charge on any atom is 0.260 e. The van der Waals surface area contributed by atoms with Crippen LogP contribution in [0.3, 0.4) is 0 Å². The first kappa shape index (κ1) is 17.8. The van der Waals surface area contributed by atoms with E-state index in [1.165, 1.54) is 7.11 Å². The highest BCUT2D eigenvalue weighted by atomic mass is 79.9. The first-order chi connectivity index (χ1) is 11.4. The molecular weight excluding hydrogens is 466 g/mol. The lowest BCUT2D eigenvalue weighted by Crippen LogP contribution is -2.71. The van der Waals surface area contributed by atoms with Gasteiger partial charge in [-0.25, -0.2) is 8.42 Å². The summed E-state index contributed by atoms with van der Waals surface area (Å²) in [6, 6.07) is 8.44. The third kappa shape index (κ3) is 2.40. The smallest absolute Gasteiger partial charge is 0.260 e. The maximum atomic E-state index is 12.9. The maximum absolute atomic E-state index is 12.9. The van der Waals surface area contributed by atoms with Crippen LogP contribution in [0, 0.1) is 0 Å². The van der Waals surface area contributed by atoms with E-state index in [0.717, 1.165) is 4.90 Å². The first-order valence-electron chi connectivity index (χ1n) is 6.97. The molecule has 0 saturated carbocycles. The average Bonchev–Trinajstić information content (AvgIpc) is 2.58. The van der Waals surface area contributed by atoms with Gasteiger partial charge in [-0.3, -0.25) is 14.5 Å². The number of hydrogen-bond donors (Lipinski definition) is 0. The minimum absolute atomic E-state index is 0.0954. The van der Waals surface area contributed by atoms with Gasteiger partial charge in [0.1, 0.15) is 4.16 Å². The second-order valence-corrected chi connectivity index (χ2v) is 9.58. The molecular formula is C15H13Br2NO5S. The third-order valence-electron chi connectivity index (χ3n) is 4.09. The lowest BCUT2D eigenvalue weighted by molar-refractivity contribution is -0.158. The minimum atomic E-state index is -3.75. The van der Waals surface area contributed by atoms with E-state index in [0.29, 0.717) is 11.1 Å². The van der Waals surface area contributed by atoms with E-state index >= 15 is 0 Å². The molecule has 0 bridgehead atoms. The lowest BCUT2D eigenvalue weighted by atomic mass is 9.99. The van der Waals surface area contributed by atoms with Gasteiger partial charge in [0.25, 0.3) is 5.91 Å². The molecule has 1 fully saturated rings. The van der Waals surface area contributed by atoms with Gasteiger partial charge in [0, 0.05) is 18.0 Å². The number of carbonyl (C=O) groups excluding carboxylic acids is 2. The fraction of sp³-hybridized carbons (Fsp3) is 0.333. The van der Waals surface area contributed by atoms with Crippen molar-refractivity contribution in [1.82, 2.24) is 4.90 Å². The number of sulfone groups is 1. The second kappa shape index (κ2) is 6.36. The van der Waals surface area contributed by atoms with Crippen LogP contribution in [-0.2, 0) is 19.4 Å². The predicted molar refractivity (Wildman–Crippen MR) is 94.7 cm³/mol. The summed E-state index contributed by atoms with van der Waals surface area (Å²) in [5.74, 6) is -0.916. The van der Waals surface area contributed by atoms with Crippen LogP contribution >= 0.6 is 31.9 Å². The van der Waals surface area contributed by atoms with Crippen molar-refractivity contribution < 1.29 is 22.7 Å². The minimum Gasteiger partial charge on any atom is -0.368 e. The lowest BCUT2D eigenvalue weighted by Gasteiger charge is -2.50. The van der Waals surface area contributed by atoms with Crippen molar-refractivity contribution in [3.8, 4) is 0 Å². The number of benzene rings is 1. The van der Waals surface area contributed by atoms with Gasteiger partial charge in [0.2, 0.25) is 5.78 Å². The molecule has 0 aromatic heterocycles. The highest BCUT2D eigenvalue weighted by molar-refractivity contribution is 9.11. The van der Waals surface area contributed by atoms with E-state index in [1.54, 1.807) is 30.3 Å². The zero-order valence-electron chi connectivity index (χ0n) is 12.5. The SMILES string of the molecule is CO[C@H]1C(=O)N2C(C(=O)c3ccccc3)=C(CBr)C(Br)S(=O)(=O)[C@H]12. The number of allylic oxidation sites excluding steroid dienone is 1. The molecule has 1 saturated heterocycles. The Hall–Kier alpha value is -1.03. The molecule has 128 valence electrons. The van der Waals surface area contributed by atoms with E-state index in [4.69, 9.17) is 4.74 Å². The highest BCUT2D eigenvalue weighted by Crippen LogP contribution is 2.44. The Morgan fingerprint density at radius 3 is 2.46 bits per heavy atom. The fourth-order valence-corrected chi connectivity index (χ4v) is 7.09. The van der Waals surface area contributed by atoms with E-state index < -0.39 is 37.2 Å². The van der Waals surface area contributed by atoms with Crippen LogP contribution in [0.1, 0.15) is 10.4 Å². The normalized spacial score (nSPS) is 28.4. The molecule has 1 amide bonds. The fourth-order valence-electron chi connectivity index (χ4n) is 2.90. The number of hydrogen-bond acceptors (Lipinski definition) is 5. The van der Waals surface area contributed by atoms with Gasteiger partial charge >= 0.3 is 0 Å². The van der Waals surface area contributed by atoms with Crippen molar-refractivity contribution >= 4 is 53.4 Å². The standard InChI is InChI=1S/C15H13Br2NO5S/c1-23-12-14(20)18-10(11(19)8-5-3-2-4-6-8)9(7-16)13(17)24(21,22)15(12)18/h2-6,12-13,15H,7H2,1H3/t12-,13?,15+/m0/s1. The number of halogens is 2. The number of alkyl halides is 2. The summed E-state index contributed by atoms with van der Waals surface area (Å²) < 4.78 is 29.3. The van der Waals surface area contributed by atoms with Crippen LogP contribution in [-0.4, -0.2) is 53.1 Å². The van der Waals surface area contributed by atoms with Crippen LogP contribution in [0.5, 0.6) is 0 Å². The molecule has 9 heteroatoms. The molecule has 0 radical (unpaired) electrons. The Morgan fingerprint density at radius 2 is 1.92 bits per heavy atom. The summed E-state index contributed by atoms with van der Waals surface area (Å²) in [4.78, 5) is 26.3. The molecule has 3 rings (SSSR count). The summed E-state index contributed by atoms with van der Waals surface area (Å²) in [7, 11) is -2.47. The van der Waals surface area contributed by atoms with E-state index in [-0.39, 0.29) is 11.0 Å². The molecule has 24 heavy (non-hydrogen) atoms. The van der Waals surface area contributed by atoms with E-state index in [1.807, 2.05) is 0 Å². The van der Waals surface area contributed by atoms with E-state index in [2.05, 4.69) is 31.9 Å². The van der Waals surface area contributed by atoms with Crippen LogP contribution < -0.4 is 0 Å². The molecule has 0 aliphatic carbocycles. The van der Waals surface area contributed by atoms with E-state index in [9.17, 15) is 18.0 Å². The van der Waals surface area contributed by atoms with Crippen molar-refractivity contribution in [2.24, 2.45) is 0 Å². The van der Waals surface area contributed by atoms with Crippen molar-refractivity contribution in [2.45, 2.75) is 15.6 Å². The number of fused-ring (bicyclic) bond motifs is 1. The summed E-state index contributed by atoms with van der Waals surface area (Å²) in [6.07, 6.45) is -1.09. The molecule has 2 heterocycles. The number of Topliss-reactive ketones (excluding diaryl/α,β-unsaturated/α-hetero) is 1. The molecule has 3 atom stereocenters. The van der Waals surface area contributed by atoms with Gasteiger partial charge in [0.05, 0.1) is 5.70 Å². The summed E-state index contributed by atoms with van der Waals surface area (Å²) >= 11 is 6.41. The number of β-lactam (4-membered cyclic amide) rings is 1. The molecule has 6 nitrogen and oxygen atoms in total. The predicted octanol–water partition coefficient (Wildman–Crippen LogP) is 1.85. The van der Waals surface area contributed by atoms with Gasteiger partial charge in [0.15, 0.2) is 21.3 Å². The Bertz CT molecular complexity index is 837. The monoisotopic (exact) mass is 477 g/mol. The van der Waals surface area contributed by atoms with Gasteiger partial charge < -0.3 is 4.74 Å². The van der Waals surface area contributed by atoms with Gasteiger partial charge in [-0.1, -0.05) is 62.2 Å². The molecule has 2 aliphatic rings. The van der Waals surface area contributed by atoms with Crippen LogP contribution in [0.4, 0.5) is 0 Å². The van der Waals surface area contributed by atoms with Crippen molar-refractivity contribution in [3.63, 3.8) is 0 Å². The van der Waals surface area contributed by atoms with Crippen LogP contribution in [0.2, 0.25) is 0 Å². The number of methoxy groups -OCH3 is 1. The quantitative estimate of drug-likeness (QED) is 0.374. The number of ketones is 1. The Morgan fingerprint density at radius 1 is 1.29 bits per heavy atom. The largest absolute Gasteiger partial charge is 0.368 e. The number of amides is 1. The Kier molecular flexibility index (Phi) is 4.71. The van der Waals surface area contributed by atoms with Crippen molar-refractivity contribution in [2.75, 3.05) is 12.4 Å². The second-order valence-electron chi connectivity index (χ2n) is 5.36. The van der Waals surface area contributed by atoms with Gasteiger partial charge in [-0.15, -0.1) is 0 Å². The van der Waals surface area contributed by atoms with Crippen molar-refractivity contribution in [3.05, 3.63) is 47.2 Å². The molecule has 1 aromatic carbocycles. The zero-order chi connectivity index (χ0) is 17.6. The molecule has 0 spiro atoms. The van der Waals surface area contributed by atoms with Gasteiger partial charge in [-0.05, 0) is 5.57 Å². The van der Waals surface area contributed by atoms with Crippen LogP contribution in [0.15, 0.2) is 41.6 Å². The molecule has 2 aliphatic heterocycles. The molecule has 1 aromatic rings. The summed E-state index contributed by atoms with van der Waals surface area (Å²) in [5, 5.41) is -1.05. The molecule has 1 unspecified atom stereocenters. The third-order valence-corrected chi connectivity index (χ3v) is 8.80. The number of carbonyl (C=O) groups is 2. The van der Waals surface area contributed by atoms with Crippen molar-refractivity contribution in [1.29, 1.82) is 0 Å². The zero-order valence-corrected chi connectivity index (χ0v) is 16.5. The van der Waals surface area contributed by atoms with Gasteiger partial charge in [-0.2, -0.15) is 0 Å². The Balaban J connectivity index is 2.18. The number of nitrogens with zero attached hydrogens (tertiary/aromatic N) is 1. The molecule has 0 N–H and O–H groups in total. The van der Waals surface area contributed by atoms with Crippen LogP contribution in [0.25, 0.3) is 0 Å². The summed E-state index contributed by atoms with van der Waals surface area (Å²) in [6.45, 7) is 0.